The summed E-state index contributed by atoms with van der Waals surface area (Å²) in [6.45, 7) is 1.68. The third-order valence-electron chi connectivity index (χ3n) is 3.92. The number of carboxylic acids is 1. The van der Waals surface area contributed by atoms with Crippen LogP contribution in [0.4, 0.5) is 0 Å². The van der Waals surface area contributed by atoms with Crippen LogP contribution in [0.2, 0.25) is 0 Å². The lowest BCUT2D eigenvalue weighted by Crippen LogP contribution is -2.57. The number of carboxylic acid groups (broad SMARTS) is 1. The molecule has 0 radical (unpaired) electrons. The zero-order chi connectivity index (χ0) is 15.7. The Morgan fingerprint density at radius 1 is 1.38 bits per heavy atom. The molecule has 1 fully saturated rings. The molecule has 0 amide bonds. The van der Waals surface area contributed by atoms with Crippen molar-refractivity contribution in [1.29, 1.82) is 0 Å². The van der Waals surface area contributed by atoms with Gasteiger partial charge in [-0.1, -0.05) is 6.07 Å². The van der Waals surface area contributed by atoms with Gasteiger partial charge in [-0.15, -0.1) is 0 Å². The Labute approximate surface area is 124 Å². The van der Waals surface area contributed by atoms with Crippen LogP contribution < -0.4 is 4.74 Å². The Kier molecular flexibility index (Phi) is 4.25. The molecule has 1 aliphatic heterocycles. The highest BCUT2D eigenvalue weighted by molar-refractivity contribution is 7.89. The summed E-state index contributed by atoms with van der Waals surface area (Å²) in [5.41, 5.74) is -1.40. The number of hydrogen-bond acceptors (Lipinski definition) is 4. The van der Waals surface area contributed by atoms with E-state index in [2.05, 4.69) is 0 Å². The Morgan fingerprint density at radius 3 is 2.71 bits per heavy atom. The molecule has 1 unspecified atom stereocenters. The largest absolute Gasteiger partial charge is 0.497 e. The first-order valence-corrected chi connectivity index (χ1v) is 8.16. The SMILES string of the molecule is COc1cccc(S(=O)(=O)N2CCCCC2(C)C(=O)O)c1. The van der Waals surface area contributed by atoms with Crippen molar-refractivity contribution in [3.05, 3.63) is 24.3 Å². The number of rotatable bonds is 4. The molecular formula is C14H19NO5S. The number of methoxy groups -OCH3 is 1. The fraction of sp³-hybridized carbons (Fsp3) is 0.500. The second-order valence-electron chi connectivity index (χ2n) is 5.29. The Bertz CT molecular complexity index is 643. The van der Waals surface area contributed by atoms with Crippen molar-refractivity contribution in [1.82, 2.24) is 4.31 Å². The van der Waals surface area contributed by atoms with E-state index in [1.165, 1.54) is 26.2 Å². The fourth-order valence-corrected chi connectivity index (χ4v) is 4.42. The topological polar surface area (TPSA) is 83.9 Å². The van der Waals surface area contributed by atoms with E-state index < -0.39 is 21.5 Å². The maximum Gasteiger partial charge on any atom is 0.324 e. The van der Waals surface area contributed by atoms with Gasteiger partial charge in [-0.2, -0.15) is 4.31 Å². The number of aliphatic carboxylic acids is 1. The van der Waals surface area contributed by atoms with Crippen molar-refractivity contribution in [2.45, 2.75) is 36.6 Å². The van der Waals surface area contributed by atoms with E-state index in [0.29, 0.717) is 25.0 Å². The molecule has 0 aliphatic carbocycles. The van der Waals surface area contributed by atoms with Crippen LogP contribution in [-0.4, -0.2) is 43.0 Å². The molecule has 1 aromatic rings. The molecule has 0 bridgehead atoms. The van der Waals surface area contributed by atoms with Gasteiger partial charge >= 0.3 is 5.97 Å². The number of ether oxygens (including phenoxy) is 1. The predicted molar refractivity (Wildman–Crippen MR) is 76.8 cm³/mol. The van der Waals surface area contributed by atoms with Crippen LogP contribution in [0.1, 0.15) is 26.2 Å². The molecule has 1 atom stereocenters. The van der Waals surface area contributed by atoms with Crippen LogP contribution in [0, 0.1) is 0 Å². The highest BCUT2D eigenvalue weighted by Crippen LogP contribution is 2.34. The van der Waals surface area contributed by atoms with Gasteiger partial charge in [0.2, 0.25) is 10.0 Å². The summed E-state index contributed by atoms with van der Waals surface area (Å²) in [7, 11) is -2.42. The molecule has 1 N–H and O–H groups in total. The summed E-state index contributed by atoms with van der Waals surface area (Å²) in [5, 5.41) is 9.45. The van der Waals surface area contributed by atoms with Gasteiger partial charge in [-0.3, -0.25) is 4.79 Å². The zero-order valence-corrected chi connectivity index (χ0v) is 12.9. The average molecular weight is 313 g/mol. The van der Waals surface area contributed by atoms with Crippen LogP contribution in [0.15, 0.2) is 29.2 Å². The summed E-state index contributed by atoms with van der Waals surface area (Å²) in [5.74, 6) is -0.696. The van der Waals surface area contributed by atoms with Crippen molar-refractivity contribution in [2.75, 3.05) is 13.7 Å². The molecule has 1 aromatic carbocycles. The lowest BCUT2D eigenvalue weighted by molar-refractivity contribution is -0.149. The number of hydrogen-bond donors (Lipinski definition) is 1. The Morgan fingerprint density at radius 2 is 2.10 bits per heavy atom. The Hall–Kier alpha value is -1.60. The van der Waals surface area contributed by atoms with Crippen molar-refractivity contribution >= 4 is 16.0 Å². The number of piperidine rings is 1. The summed E-state index contributed by atoms with van der Waals surface area (Å²) in [6.07, 6.45) is 1.67. The maximum absolute atomic E-state index is 12.8. The van der Waals surface area contributed by atoms with Gasteiger partial charge in [0.05, 0.1) is 12.0 Å². The van der Waals surface area contributed by atoms with E-state index >= 15 is 0 Å². The minimum Gasteiger partial charge on any atom is -0.497 e. The van der Waals surface area contributed by atoms with E-state index in [1.807, 2.05) is 0 Å². The van der Waals surface area contributed by atoms with Crippen LogP contribution in [-0.2, 0) is 14.8 Å². The van der Waals surface area contributed by atoms with Gasteiger partial charge in [0, 0.05) is 12.6 Å². The molecule has 1 aliphatic rings. The van der Waals surface area contributed by atoms with Crippen LogP contribution in [0.3, 0.4) is 0 Å². The first kappa shape index (κ1) is 15.8. The fourth-order valence-electron chi connectivity index (χ4n) is 2.58. The van der Waals surface area contributed by atoms with Gasteiger partial charge in [0.25, 0.3) is 0 Å². The molecule has 0 spiro atoms. The monoisotopic (exact) mass is 313 g/mol. The van der Waals surface area contributed by atoms with Crippen molar-refractivity contribution in [3.8, 4) is 5.75 Å². The smallest absolute Gasteiger partial charge is 0.324 e. The van der Waals surface area contributed by atoms with Crippen molar-refractivity contribution in [3.63, 3.8) is 0 Å². The van der Waals surface area contributed by atoms with Gasteiger partial charge in [0.1, 0.15) is 11.3 Å². The lowest BCUT2D eigenvalue weighted by Gasteiger charge is -2.40. The van der Waals surface area contributed by atoms with E-state index in [9.17, 15) is 18.3 Å². The third-order valence-corrected chi connectivity index (χ3v) is 5.93. The van der Waals surface area contributed by atoms with Crippen molar-refractivity contribution in [2.24, 2.45) is 0 Å². The van der Waals surface area contributed by atoms with E-state index in [4.69, 9.17) is 4.74 Å². The molecule has 2 rings (SSSR count). The number of benzene rings is 1. The summed E-state index contributed by atoms with van der Waals surface area (Å²) < 4.78 is 31.7. The van der Waals surface area contributed by atoms with Crippen molar-refractivity contribution < 1.29 is 23.1 Å². The number of nitrogens with zero attached hydrogens (tertiary/aromatic N) is 1. The summed E-state index contributed by atoms with van der Waals surface area (Å²) >= 11 is 0. The van der Waals surface area contributed by atoms with E-state index in [0.717, 1.165) is 4.31 Å². The average Bonchev–Trinajstić information content (AvgIpc) is 2.47. The minimum atomic E-state index is -3.87. The van der Waals surface area contributed by atoms with Gasteiger partial charge < -0.3 is 9.84 Å². The molecule has 6 nitrogen and oxygen atoms in total. The number of sulfonamides is 1. The number of carbonyl (C=O) groups is 1. The summed E-state index contributed by atoms with van der Waals surface area (Å²) in [4.78, 5) is 11.6. The molecule has 1 heterocycles. The molecule has 0 saturated carbocycles. The second-order valence-corrected chi connectivity index (χ2v) is 7.15. The molecule has 21 heavy (non-hydrogen) atoms. The van der Waals surface area contributed by atoms with Gasteiger partial charge in [-0.25, -0.2) is 8.42 Å². The van der Waals surface area contributed by atoms with Gasteiger partial charge in [0.15, 0.2) is 0 Å². The first-order valence-electron chi connectivity index (χ1n) is 6.72. The highest BCUT2D eigenvalue weighted by atomic mass is 32.2. The molecule has 1 saturated heterocycles. The van der Waals surface area contributed by atoms with Crippen LogP contribution in [0.25, 0.3) is 0 Å². The van der Waals surface area contributed by atoms with Crippen LogP contribution >= 0.6 is 0 Å². The van der Waals surface area contributed by atoms with E-state index in [1.54, 1.807) is 12.1 Å². The molecule has 0 aromatic heterocycles. The third kappa shape index (κ3) is 2.75. The maximum atomic E-state index is 12.8. The van der Waals surface area contributed by atoms with Crippen LogP contribution in [0.5, 0.6) is 5.75 Å². The summed E-state index contributed by atoms with van der Waals surface area (Å²) in [6, 6.07) is 6.08. The highest BCUT2D eigenvalue weighted by Gasteiger charge is 2.47. The molecule has 7 heteroatoms. The molecule has 116 valence electrons. The normalized spacial score (nSPS) is 23.7. The standard InChI is InChI=1S/C14H19NO5S/c1-14(13(16)17)8-3-4-9-15(14)21(18,19)12-7-5-6-11(10-12)20-2/h5-7,10H,3-4,8-9H2,1-2H3,(H,16,17). The Balaban J connectivity index is 2.48. The predicted octanol–water partition coefficient (Wildman–Crippen LogP) is 1.71. The second kappa shape index (κ2) is 5.65. The molecular weight excluding hydrogens is 294 g/mol. The quantitative estimate of drug-likeness (QED) is 0.915. The zero-order valence-electron chi connectivity index (χ0n) is 12.1. The first-order chi connectivity index (χ1) is 9.82. The minimum absolute atomic E-state index is 0.0521. The lowest BCUT2D eigenvalue weighted by atomic mass is 9.91. The van der Waals surface area contributed by atoms with E-state index in [-0.39, 0.29) is 11.4 Å². The van der Waals surface area contributed by atoms with Gasteiger partial charge in [-0.05, 0) is 38.3 Å².